The topological polar surface area (TPSA) is 110 Å². The van der Waals surface area contributed by atoms with E-state index in [1.165, 1.54) is 25.6 Å². The molecule has 0 fully saturated rings. The first-order chi connectivity index (χ1) is 8.13. The van der Waals surface area contributed by atoms with Crippen molar-refractivity contribution in [3.05, 3.63) is 24.3 Å². The van der Waals surface area contributed by atoms with Gasteiger partial charge in [-0.2, -0.15) is 0 Å². The molecule has 1 aromatic heterocycles. The van der Waals surface area contributed by atoms with Crippen LogP contribution in [0.2, 0.25) is 0 Å². The summed E-state index contributed by atoms with van der Waals surface area (Å²) in [6.07, 6.45) is 3.93. The zero-order chi connectivity index (χ0) is 12.7. The van der Waals surface area contributed by atoms with Crippen molar-refractivity contribution in [3.8, 4) is 0 Å². The molecule has 1 rings (SSSR count). The van der Waals surface area contributed by atoms with Gasteiger partial charge in [-0.05, 0) is 0 Å². The summed E-state index contributed by atoms with van der Waals surface area (Å²) in [7, 11) is 1.36. The fourth-order valence-electron chi connectivity index (χ4n) is 0.835. The van der Waals surface area contributed by atoms with Gasteiger partial charge in [-0.1, -0.05) is 0 Å². The summed E-state index contributed by atoms with van der Waals surface area (Å²) >= 11 is 0. The van der Waals surface area contributed by atoms with Crippen LogP contribution in [-0.2, 0) is 9.53 Å². The second-order valence-corrected chi connectivity index (χ2v) is 2.79. The Bertz CT molecular complexity index is 420. The minimum absolute atomic E-state index is 0.0137. The summed E-state index contributed by atoms with van der Waals surface area (Å²) in [5, 5.41) is 4.12. The molecule has 0 aromatic carbocycles. The molecule has 0 bridgehead atoms. The molecular weight excluding hydrogens is 228 g/mol. The lowest BCUT2D eigenvalue weighted by Crippen LogP contribution is -2.39. The number of rotatable bonds is 3. The molecule has 0 unspecified atom stereocenters. The SMILES string of the molecule is CNC(=O)NC(=O)COC(=O)c1cnccn1. The van der Waals surface area contributed by atoms with Crippen molar-refractivity contribution >= 4 is 17.9 Å². The number of hydrogen-bond donors (Lipinski definition) is 2. The maximum Gasteiger partial charge on any atom is 0.359 e. The van der Waals surface area contributed by atoms with Crippen LogP contribution in [0.1, 0.15) is 10.5 Å². The molecule has 0 radical (unpaired) electrons. The van der Waals surface area contributed by atoms with E-state index in [2.05, 4.69) is 20.0 Å². The predicted molar refractivity (Wildman–Crippen MR) is 54.9 cm³/mol. The second-order valence-electron chi connectivity index (χ2n) is 2.79. The number of carbonyl (C=O) groups excluding carboxylic acids is 3. The molecule has 1 aromatic rings. The van der Waals surface area contributed by atoms with E-state index in [0.717, 1.165) is 0 Å². The number of nitrogens with one attached hydrogen (secondary N) is 2. The van der Waals surface area contributed by atoms with Crippen molar-refractivity contribution in [2.45, 2.75) is 0 Å². The van der Waals surface area contributed by atoms with E-state index in [4.69, 9.17) is 0 Å². The Kier molecular flexibility index (Phi) is 4.55. The Morgan fingerprint density at radius 2 is 2.12 bits per heavy atom. The average Bonchev–Trinajstić information content (AvgIpc) is 2.36. The highest BCUT2D eigenvalue weighted by Crippen LogP contribution is 1.93. The summed E-state index contributed by atoms with van der Waals surface area (Å²) in [6, 6.07) is -0.675. The molecule has 3 amide bonds. The Morgan fingerprint density at radius 3 is 2.71 bits per heavy atom. The second kappa shape index (κ2) is 6.16. The number of esters is 1. The zero-order valence-electron chi connectivity index (χ0n) is 8.97. The third-order valence-corrected chi connectivity index (χ3v) is 1.59. The maximum atomic E-state index is 11.3. The largest absolute Gasteiger partial charge is 0.451 e. The predicted octanol–water partition coefficient (Wildman–Crippen LogP) is -0.911. The molecule has 0 aliphatic heterocycles. The van der Waals surface area contributed by atoms with Crippen molar-refractivity contribution in [2.24, 2.45) is 0 Å². The molecule has 0 aliphatic carbocycles. The lowest BCUT2D eigenvalue weighted by atomic mass is 10.4. The highest BCUT2D eigenvalue weighted by atomic mass is 16.5. The van der Waals surface area contributed by atoms with Crippen LogP contribution in [0.5, 0.6) is 0 Å². The standard InChI is InChI=1S/C9H10N4O4/c1-10-9(16)13-7(14)5-17-8(15)6-4-11-2-3-12-6/h2-4H,5H2,1H3,(H2,10,13,14,16). The first kappa shape index (κ1) is 12.6. The quantitative estimate of drug-likeness (QED) is 0.659. The highest BCUT2D eigenvalue weighted by molar-refractivity contribution is 5.96. The van der Waals surface area contributed by atoms with E-state index >= 15 is 0 Å². The van der Waals surface area contributed by atoms with Crippen LogP contribution in [0.4, 0.5) is 4.79 Å². The first-order valence-electron chi connectivity index (χ1n) is 4.58. The molecule has 0 atom stereocenters. The number of urea groups is 1. The van der Waals surface area contributed by atoms with Gasteiger partial charge >= 0.3 is 12.0 Å². The Morgan fingerprint density at radius 1 is 1.35 bits per heavy atom. The monoisotopic (exact) mass is 238 g/mol. The normalized spacial score (nSPS) is 9.24. The van der Waals surface area contributed by atoms with Crippen LogP contribution >= 0.6 is 0 Å². The third kappa shape index (κ3) is 4.24. The Labute approximate surface area is 96.4 Å². The van der Waals surface area contributed by atoms with Crippen molar-refractivity contribution in [1.82, 2.24) is 20.6 Å². The molecule has 2 N–H and O–H groups in total. The van der Waals surface area contributed by atoms with Crippen molar-refractivity contribution in [3.63, 3.8) is 0 Å². The van der Waals surface area contributed by atoms with Gasteiger partial charge in [0.15, 0.2) is 12.3 Å². The molecular formula is C9H10N4O4. The molecule has 0 spiro atoms. The molecule has 0 saturated heterocycles. The van der Waals surface area contributed by atoms with Crippen LogP contribution in [0.25, 0.3) is 0 Å². The molecule has 8 heteroatoms. The molecule has 0 saturated carbocycles. The van der Waals surface area contributed by atoms with Gasteiger partial charge in [0.1, 0.15) is 0 Å². The number of imide groups is 1. The van der Waals surface area contributed by atoms with Gasteiger partial charge in [-0.15, -0.1) is 0 Å². The van der Waals surface area contributed by atoms with Gasteiger partial charge in [0.05, 0.1) is 6.20 Å². The van der Waals surface area contributed by atoms with E-state index in [9.17, 15) is 14.4 Å². The molecule has 90 valence electrons. The van der Waals surface area contributed by atoms with Crippen molar-refractivity contribution < 1.29 is 19.1 Å². The van der Waals surface area contributed by atoms with Gasteiger partial charge < -0.3 is 10.1 Å². The summed E-state index contributed by atoms with van der Waals surface area (Å²) in [4.78, 5) is 40.4. The van der Waals surface area contributed by atoms with Gasteiger partial charge in [0.25, 0.3) is 5.91 Å². The lowest BCUT2D eigenvalue weighted by Gasteiger charge is -2.04. The first-order valence-corrected chi connectivity index (χ1v) is 4.58. The molecule has 0 aliphatic rings. The zero-order valence-corrected chi connectivity index (χ0v) is 8.97. The number of ether oxygens (including phenoxy) is 1. The van der Waals surface area contributed by atoms with Gasteiger partial charge in [0, 0.05) is 19.4 Å². The van der Waals surface area contributed by atoms with Crippen LogP contribution in [0.3, 0.4) is 0 Å². The number of aromatic nitrogens is 2. The summed E-state index contributed by atoms with van der Waals surface area (Å²) < 4.78 is 4.60. The fraction of sp³-hybridized carbons (Fsp3) is 0.222. The summed E-state index contributed by atoms with van der Waals surface area (Å²) in [5.74, 6) is -1.52. The molecule has 1 heterocycles. The number of hydrogen-bond acceptors (Lipinski definition) is 6. The minimum atomic E-state index is -0.787. The van der Waals surface area contributed by atoms with Crippen molar-refractivity contribution in [1.29, 1.82) is 0 Å². The number of amides is 3. The third-order valence-electron chi connectivity index (χ3n) is 1.59. The van der Waals surface area contributed by atoms with Crippen LogP contribution in [0.15, 0.2) is 18.6 Å². The van der Waals surface area contributed by atoms with Gasteiger partial charge in [-0.25, -0.2) is 14.6 Å². The number of nitrogens with zero attached hydrogens (tertiary/aromatic N) is 2. The summed E-state index contributed by atoms with van der Waals surface area (Å²) in [6.45, 7) is -0.567. The van der Waals surface area contributed by atoms with E-state index in [1.54, 1.807) is 0 Å². The summed E-state index contributed by atoms with van der Waals surface area (Å²) in [5.41, 5.74) is -0.0137. The van der Waals surface area contributed by atoms with E-state index in [1.807, 2.05) is 5.32 Å². The average molecular weight is 238 g/mol. The van der Waals surface area contributed by atoms with Crippen LogP contribution in [-0.4, -0.2) is 41.5 Å². The molecule has 17 heavy (non-hydrogen) atoms. The van der Waals surface area contributed by atoms with E-state index in [0.29, 0.717) is 0 Å². The Hall–Kier alpha value is -2.51. The van der Waals surface area contributed by atoms with Crippen molar-refractivity contribution in [2.75, 3.05) is 13.7 Å². The lowest BCUT2D eigenvalue weighted by molar-refractivity contribution is -0.123. The van der Waals surface area contributed by atoms with Crippen LogP contribution in [0, 0.1) is 0 Å². The smallest absolute Gasteiger partial charge is 0.359 e. The molecule has 8 nitrogen and oxygen atoms in total. The Balaban J connectivity index is 2.39. The van der Waals surface area contributed by atoms with Gasteiger partial charge in [-0.3, -0.25) is 15.1 Å². The number of carbonyl (C=O) groups is 3. The minimum Gasteiger partial charge on any atom is -0.451 e. The maximum absolute atomic E-state index is 11.3. The van der Waals surface area contributed by atoms with Gasteiger partial charge in [0.2, 0.25) is 0 Å². The van der Waals surface area contributed by atoms with E-state index < -0.39 is 24.5 Å². The van der Waals surface area contributed by atoms with E-state index in [-0.39, 0.29) is 5.69 Å². The highest BCUT2D eigenvalue weighted by Gasteiger charge is 2.12. The fourth-order valence-corrected chi connectivity index (χ4v) is 0.835. The van der Waals surface area contributed by atoms with Crippen LogP contribution < -0.4 is 10.6 Å².